The van der Waals surface area contributed by atoms with Crippen molar-refractivity contribution in [3.63, 3.8) is 0 Å². The minimum atomic E-state index is -1.23. The van der Waals surface area contributed by atoms with Crippen LogP contribution >= 0.6 is 0 Å². The topological polar surface area (TPSA) is 152 Å². The summed E-state index contributed by atoms with van der Waals surface area (Å²) in [5.41, 5.74) is 0.713. The number of carbonyl (C=O) groups is 2. The third kappa shape index (κ3) is 6.93. The van der Waals surface area contributed by atoms with Crippen LogP contribution in [0.5, 0.6) is 0 Å². The molecule has 3 saturated carbocycles. The fraction of sp³-hybridized carbons (Fsp3) is 0.892. The molecule has 268 valence electrons. The van der Waals surface area contributed by atoms with Gasteiger partial charge in [0.25, 0.3) is 0 Å². The number of hydrogen-bond acceptors (Lipinski definition) is 10. The lowest BCUT2D eigenvalue weighted by molar-refractivity contribution is -0.313. The molecular weight excluding hydrogens is 604 g/mol. The maximum atomic E-state index is 12.3. The van der Waals surface area contributed by atoms with Crippen LogP contribution in [0.2, 0.25) is 0 Å². The van der Waals surface area contributed by atoms with Crippen molar-refractivity contribution >= 4 is 11.9 Å². The summed E-state index contributed by atoms with van der Waals surface area (Å²) in [6, 6.07) is 0. The lowest BCUT2D eigenvalue weighted by atomic mass is 9.46. The van der Waals surface area contributed by atoms with Crippen LogP contribution in [-0.2, 0) is 28.5 Å². The maximum absolute atomic E-state index is 12.3. The molecule has 0 aromatic rings. The molecule has 47 heavy (non-hydrogen) atoms. The predicted octanol–water partition coefficient (Wildman–Crippen LogP) is 4.29. The third-order valence-electron chi connectivity index (χ3n) is 13.0. The number of fused-ring (bicyclic) bond motifs is 5. The summed E-state index contributed by atoms with van der Waals surface area (Å²) in [6.07, 6.45) is 0.767. The number of rotatable bonds is 9. The van der Waals surface area contributed by atoms with Crippen molar-refractivity contribution in [1.29, 1.82) is 0 Å². The summed E-state index contributed by atoms with van der Waals surface area (Å²) < 4.78 is 24.2. The first kappa shape index (κ1) is 36.7. The van der Waals surface area contributed by atoms with E-state index in [1.807, 2.05) is 0 Å². The molecule has 0 radical (unpaired) electrons. The van der Waals surface area contributed by atoms with Crippen molar-refractivity contribution in [1.82, 2.24) is 0 Å². The number of carbonyl (C=O) groups excluding carboxylic acids is 2. The van der Waals surface area contributed by atoms with Crippen LogP contribution in [0, 0.1) is 46.3 Å². The summed E-state index contributed by atoms with van der Waals surface area (Å²) in [6.45, 7) is 15.1. The molecule has 1 heterocycles. The molecule has 10 heteroatoms. The van der Waals surface area contributed by atoms with Gasteiger partial charge < -0.3 is 39.4 Å². The second kappa shape index (κ2) is 14.0. The summed E-state index contributed by atoms with van der Waals surface area (Å²) in [7, 11) is 0. The van der Waals surface area contributed by atoms with E-state index in [2.05, 4.69) is 40.7 Å². The molecule has 1 aliphatic heterocycles. The molecule has 0 bridgehead atoms. The zero-order valence-electron chi connectivity index (χ0n) is 29.6. The molecule has 10 nitrogen and oxygen atoms in total. The Kier molecular flexibility index (Phi) is 10.9. The van der Waals surface area contributed by atoms with E-state index in [-0.39, 0.29) is 46.5 Å². The second-order valence-electron chi connectivity index (χ2n) is 16.5. The smallest absolute Gasteiger partial charge is 0.303 e. The van der Waals surface area contributed by atoms with E-state index in [0.717, 1.165) is 25.7 Å². The minimum absolute atomic E-state index is 0.0527. The van der Waals surface area contributed by atoms with Gasteiger partial charge in [0.2, 0.25) is 0 Å². The van der Waals surface area contributed by atoms with E-state index < -0.39 is 61.0 Å². The minimum Gasteiger partial charge on any atom is -0.455 e. The van der Waals surface area contributed by atoms with E-state index in [9.17, 15) is 30.0 Å². The van der Waals surface area contributed by atoms with Crippen LogP contribution in [-0.4, -0.2) is 87.5 Å². The van der Waals surface area contributed by atoms with Crippen molar-refractivity contribution < 1.29 is 49.0 Å². The monoisotopic (exact) mass is 664 g/mol. The Morgan fingerprint density at radius 3 is 2.34 bits per heavy atom. The highest BCUT2D eigenvalue weighted by atomic mass is 16.7. The Hall–Kier alpha value is -1.56. The van der Waals surface area contributed by atoms with Gasteiger partial charge in [-0.2, -0.15) is 0 Å². The number of allylic oxidation sites excluding steroid dienone is 1. The summed E-state index contributed by atoms with van der Waals surface area (Å²) in [4.78, 5) is 24.3. The van der Waals surface area contributed by atoms with Gasteiger partial charge in [0.1, 0.15) is 6.10 Å². The second-order valence-corrected chi connectivity index (χ2v) is 16.5. The molecule has 4 N–H and O–H groups in total. The average Bonchev–Trinajstić information content (AvgIpc) is 3.26. The molecule has 16 atom stereocenters. The Labute approximate surface area is 280 Å². The van der Waals surface area contributed by atoms with Crippen LogP contribution in [0.4, 0.5) is 0 Å². The zero-order valence-corrected chi connectivity index (χ0v) is 29.6. The number of hydrogen-bond donors (Lipinski definition) is 4. The Bertz CT molecular complexity index is 1170. The summed E-state index contributed by atoms with van der Waals surface area (Å²) >= 11 is 0. The number of esters is 2. The van der Waals surface area contributed by atoms with Crippen molar-refractivity contribution in [3.8, 4) is 0 Å². The van der Waals surface area contributed by atoms with Crippen molar-refractivity contribution in [2.75, 3.05) is 0 Å². The van der Waals surface area contributed by atoms with Gasteiger partial charge in [-0.05, 0) is 105 Å². The molecule has 5 aliphatic rings. The van der Waals surface area contributed by atoms with Gasteiger partial charge in [0.15, 0.2) is 18.5 Å². The van der Waals surface area contributed by atoms with Crippen LogP contribution in [0.25, 0.3) is 0 Å². The Morgan fingerprint density at radius 2 is 1.70 bits per heavy atom. The van der Waals surface area contributed by atoms with Gasteiger partial charge in [0, 0.05) is 13.8 Å². The van der Waals surface area contributed by atoms with E-state index in [0.29, 0.717) is 31.6 Å². The van der Waals surface area contributed by atoms with Crippen molar-refractivity contribution in [2.24, 2.45) is 46.3 Å². The van der Waals surface area contributed by atoms with E-state index in [1.54, 1.807) is 6.92 Å². The quantitative estimate of drug-likeness (QED) is 0.208. The van der Waals surface area contributed by atoms with E-state index >= 15 is 0 Å². The standard InChI is InChI=1S/C37H60O10/c1-18(2)9-12-27(41)19(3)30-29(47-35-34(46-22(6)39)33(45-21(5)38)32(43)20(4)44-35)16-26-25-11-10-23-15-24(40)13-14-36(23,7)31(25)28(42)17-37(26,30)8/h10,18-20,24-35,40-43H,9,11-17H2,1-8H3/t19-,20+,24+,25+,26+,27+,28-,29+,30-,31-,32+,33-,34-,35+,36+,37+/m1/s1. The third-order valence-corrected chi connectivity index (χ3v) is 13.0. The first-order valence-corrected chi connectivity index (χ1v) is 18.0. The molecule has 0 aromatic carbocycles. The zero-order chi connectivity index (χ0) is 34.6. The van der Waals surface area contributed by atoms with Gasteiger partial charge in [-0.15, -0.1) is 0 Å². The van der Waals surface area contributed by atoms with Crippen LogP contribution in [0.1, 0.15) is 107 Å². The summed E-state index contributed by atoms with van der Waals surface area (Å²) in [5, 5.41) is 45.1. The molecule has 0 unspecified atom stereocenters. The highest BCUT2D eigenvalue weighted by Gasteiger charge is 2.66. The van der Waals surface area contributed by atoms with E-state index in [1.165, 1.54) is 19.4 Å². The fourth-order valence-electron chi connectivity index (χ4n) is 10.8. The highest BCUT2D eigenvalue weighted by Crippen LogP contribution is 2.68. The summed E-state index contributed by atoms with van der Waals surface area (Å²) in [5.74, 6) is -0.706. The van der Waals surface area contributed by atoms with Gasteiger partial charge in [0.05, 0.1) is 30.5 Å². The fourth-order valence-corrected chi connectivity index (χ4v) is 10.8. The van der Waals surface area contributed by atoms with E-state index in [4.69, 9.17) is 18.9 Å². The molecule has 0 spiro atoms. The average molecular weight is 665 g/mol. The Balaban J connectivity index is 1.51. The lowest BCUT2D eigenvalue weighted by Crippen LogP contribution is -2.61. The number of ether oxygens (including phenoxy) is 4. The van der Waals surface area contributed by atoms with Crippen molar-refractivity contribution in [3.05, 3.63) is 11.6 Å². The first-order valence-electron chi connectivity index (χ1n) is 18.0. The van der Waals surface area contributed by atoms with Crippen LogP contribution in [0.15, 0.2) is 11.6 Å². The van der Waals surface area contributed by atoms with Gasteiger partial charge in [-0.25, -0.2) is 0 Å². The molecular formula is C37H60O10. The molecule has 0 aromatic heterocycles. The largest absolute Gasteiger partial charge is 0.455 e. The molecule has 5 rings (SSSR count). The van der Waals surface area contributed by atoms with Crippen LogP contribution < -0.4 is 0 Å². The van der Waals surface area contributed by atoms with Gasteiger partial charge in [-0.1, -0.05) is 46.3 Å². The molecule has 4 aliphatic carbocycles. The van der Waals surface area contributed by atoms with Crippen molar-refractivity contribution in [2.45, 2.75) is 162 Å². The Morgan fingerprint density at radius 1 is 1.04 bits per heavy atom. The highest BCUT2D eigenvalue weighted by molar-refractivity contribution is 5.67. The van der Waals surface area contributed by atoms with Gasteiger partial charge >= 0.3 is 11.9 Å². The normalized spacial score (nSPS) is 46.0. The molecule has 1 saturated heterocycles. The van der Waals surface area contributed by atoms with Crippen LogP contribution in [0.3, 0.4) is 0 Å². The maximum Gasteiger partial charge on any atom is 0.303 e. The van der Waals surface area contributed by atoms with Gasteiger partial charge in [-0.3, -0.25) is 9.59 Å². The first-order chi connectivity index (χ1) is 22.0. The molecule has 4 fully saturated rings. The predicted molar refractivity (Wildman–Crippen MR) is 174 cm³/mol. The SMILES string of the molecule is CC(=O)O[C@@H]1[C@@H](O)[C@H](C)O[C@@H](O[C@H]2C[C@H]3[C@@H]4CC=C5C[C@@H](O)CC[C@]5(C)[C@H]4[C@H](O)C[C@]3(C)[C@@H]2[C@H](C)[C@@H](O)CCC(C)C)[C@@H]1OC(C)=O. The number of aliphatic hydroxyl groups is 4. The number of aliphatic hydroxyl groups excluding tert-OH is 4. The molecule has 0 amide bonds. The lowest BCUT2D eigenvalue weighted by Gasteiger charge is -2.60.